The Bertz CT molecular complexity index is 227. The summed E-state index contributed by atoms with van der Waals surface area (Å²) in [6, 6.07) is 0. The molecule has 15 heavy (non-hydrogen) atoms. The lowest BCUT2D eigenvalue weighted by Gasteiger charge is -2.23. The molecule has 5 N–H and O–H groups in total. The van der Waals surface area contributed by atoms with Crippen LogP contribution in [0.1, 0.15) is 13.3 Å². The van der Waals surface area contributed by atoms with Gasteiger partial charge in [0.15, 0.2) is 6.29 Å². The van der Waals surface area contributed by atoms with E-state index >= 15 is 0 Å². The Morgan fingerprint density at radius 3 is 2.13 bits per heavy atom. The van der Waals surface area contributed by atoms with Gasteiger partial charge in [0.25, 0.3) is 0 Å². The van der Waals surface area contributed by atoms with Crippen LogP contribution in [0.3, 0.4) is 0 Å². The van der Waals surface area contributed by atoms with Crippen molar-refractivity contribution >= 4 is 6.29 Å². The van der Waals surface area contributed by atoms with E-state index in [9.17, 15) is 15.0 Å². The summed E-state index contributed by atoms with van der Waals surface area (Å²) >= 11 is 0. The first-order chi connectivity index (χ1) is 6.95. The zero-order valence-corrected chi connectivity index (χ0v) is 8.32. The van der Waals surface area contributed by atoms with Gasteiger partial charge in [-0.15, -0.1) is 0 Å². The Morgan fingerprint density at radius 1 is 1.20 bits per heavy atom. The molecule has 0 bridgehead atoms. The Hall–Kier alpha value is -0.950. The van der Waals surface area contributed by atoms with Crippen LogP contribution in [-0.2, 0) is 4.79 Å². The smallest absolute Gasteiger partial charge is 0.151 e. The summed E-state index contributed by atoms with van der Waals surface area (Å²) < 4.78 is 0. The lowest BCUT2D eigenvalue weighted by atomic mass is 10.0. The van der Waals surface area contributed by atoms with Crippen LogP contribution in [0.4, 0.5) is 0 Å². The first-order valence-corrected chi connectivity index (χ1v) is 4.52. The number of aliphatic hydroxyl groups excluding tert-OH is 5. The van der Waals surface area contributed by atoms with Crippen molar-refractivity contribution in [2.24, 2.45) is 0 Å². The van der Waals surface area contributed by atoms with E-state index in [0.717, 1.165) is 0 Å². The highest BCUT2D eigenvalue weighted by Crippen LogP contribution is 2.10. The number of hydrogen-bond donors (Lipinski definition) is 5. The van der Waals surface area contributed by atoms with E-state index in [-0.39, 0.29) is 6.29 Å². The number of aldehydes is 1. The van der Waals surface area contributed by atoms with Gasteiger partial charge >= 0.3 is 0 Å². The van der Waals surface area contributed by atoms with Crippen LogP contribution in [0.25, 0.3) is 0 Å². The number of rotatable bonds is 6. The fraction of sp³-hybridized carbons (Fsp3) is 0.667. The highest BCUT2D eigenvalue weighted by molar-refractivity contribution is 5.56. The van der Waals surface area contributed by atoms with E-state index < -0.39 is 30.2 Å². The molecule has 0 aliphatic rings. The summed E-state index contributed by atoms with van der Waals surface area (Å²) in [6.07, 6.45) is -5.49. The molecular weight excluding hydrogens is 204 g/mol. The second-order valence-electron chi connectivity index (χ2n) is 3.09. The van der Waals surface area contributed by atoms with E-state index in [2.05, 4.69) is 0 Å². The summed E-state index contributed by atoms with van der Waals surface area (Å²) in [5.74, 6) is -0.512. The number of allylic oxidation sites excluding steroid dienone is 1. The second-order valence-corrected chi connectivity index (χ2v) is 3.09. The molecule has 0 aromatic heterocycles. The Morgan fingerprint density at radius 2 is 1.73 bits per heavy atom. The molecule has 0 fully saturated rings. The van der Waals surface area contributed by atoms with Gasteiger partial charge in [0.05, 0.1) is 0 Å². The molecule has 0 heterocycles. The molecule has 4 unspecified atom stereocenters. The van der Waals surface area contributed by atoms with Crippen molar-refractivity contribution in [2.75, 3.05) is 0 Å². The van der Waals surface area contributed by atoms with Crippen molar-refractivity contribution in [1.82, 2.24) is 0 Å². The van der Waals surface area contributed by atoms with Gasteiger partial charge in [-0.05, 0) is 12.5 Å². The van der Waals surface area contributed by atoms with Gasteiger partial charge in [0.1, 0.15) is 30.2 Å². The summed E-state index contributed by atoms with van der Waals surface area (Å²) in [5.41, 5.74) is 0. The molecule has 0 saturated carbocycles. The average Bonchev–Trinajstić information content (AvgIpc) is 2.25. The van der Waals surface area contributed by atoms with Gasteiger partial charge < -0.3 is 30.3 Å². The van der Waals surface area contributed by atoms with Crippen LogP contribution in [0, 0.1) is 0 Å². The number of carbonyl (C=O) groups excluding carboxylic acids is 1. The maximum absolute atomic E-state index is 10.1. The fourth-order valence-corrected chi connectivity index (χ4v) is 0.974. The minimum absolute atomic E-state index is 0.0290. The molecule has 0 aliphatic heterocycles. The Balaban J connectivity index is 4.49. The minimum atomic E-state index is -1.84. The first-order valence-electron chi connectivity index (χ1n) is 4.52. The van der Waals surface area contributed by atoms with Crippen molar-refractivity contribution < 1.29 is 30.3 Å². The predicted molar refractivity (Wildman–Crippen MR) is 51.1 cm³/mol. The maximum atomic E-state index is 10.1. The zero-order valence-electron chi connectivity index (χ0n) is 8.32. The van der Waals surface area contributed by atoms with Crippen LogP contribution >= 0.6 is 0 Å². The van der Waals surface area contributed by atoms with Gasteiger partial charge in [-0.25, -0.2) is 0 Å². The minimum Gasteiger partial charge on any atom is -0.510 e. The lowest BCUT2D eigenvalue weighted by Crippen LogP contribution is -2.45. The molecule has 4 atom stereocenters. The fourth-order valence-electron chi connectivity index (χ4n) is 0.974. The van der Waals surface area contributed by atoms with E-state index in [0.29, 0.717) is 6.42 Å². The van der Waals surface area contributed by atoms with Crippen LogP contribution in [0.2, 0.25) is 0 Å². The molecule has 0 aromatic carbocycles. The van der Waals surface area contributed by atoms with Crippen LogP contribution in [0.5, 0.6) is 0 Å². The molecule has 88 valence electrons. The number of carbonyl (C=O) groups is 1. The van der Waals surface area contributed by atoms with Gasteiger partial charge in [-0.2, -0.15) is 0 Å². The average molecular weight is 220 g/mol. The highest BCUT2D eigenvalue weighted by Gasteiger charge is 2.31. The third-order valence-electron chi connectivity index (χ3n) is 1.88. The second kappa shape index (κ2) is 6.52. The van der Waals surface area contributed by atoms with E-state index in [1.807, 2.05) is 0 Å². The van der Waals surface area contributed by atoms with Crippen molar-refractivity contribution in [3.63, 3.8) is 0 Å². The SMILES string of the molecule is CCC=C(O)C(O)C(O)C(O)C(O)C=O. The van der Waals surface area contributed by atoms with E-state index in [1.165, 1.54) is 6.08 Å². The van der Waals surface area contributed by atoms with Crippen LogP contribution in [-0.4, -0.2) is 56.2 Å². The summed E-state index contributed by atoms with van der Waals surface area (Å²) in [4.78, 5) is 10.1. The quantitative estimate of drug-likeness (QED) is 0.274. The largest absolute Gasteiger partial charge is 0.510 e. The summed E-state index contributed by atoms with van der Waals surface area (Å²) in [5, 5.41) is 45.7. The van der Waals surface area contributed by atoms with E-state index in [1.54, 1.807) is 6.92 Å². The topological polar surface area (TPSA) is 118 Å². The molecule has 6 nitrogen and oxygen atoms in total. The van der Waals surface area contributed by atoms with E-state index in [4.69, 9.17) is 15.3 Å². The van der Waals surface area contributed by atoms with Gasteiger partial charge in [0, 0.05) is 0 Å². The molecule has 0 aliphatic carbocycles. The van der Waals surface area contributed by atoms with Crippen molar-refractivity contribution in [3.05, 3.63) is 11.8 Å². The van der Waals surface area contributed by atoms with Gasteiger partial charge in [-0.1, -0.05) is 6.92 Å². The number of aliphatic hydroxyl groups is 5. The lowest BCUT2D eigenvalue weighted by molar-refractivity contribution is -0.132. The van der Waals surface area contributed by atoms with Crippen LogP contribution in [0.15, 0.2) is 11.8 Å². The maximum Gasteiger partial charge on any atom is 0.151 e. The highest BCUT2D eigenvalue weighted by atomic mass is 16.4. The Kier molecular flexibility index (Phi) is 6.11. The molecular formula is C9H16O6. The molecule has 0 saturated heterocycles. The van der Waals surface area contributed by atoms with Gasteiger partial charge in [0.2, 0.25) is 0 Å². The summed E-state index contributed by atoms with van der Waals surface area (Å²) in [6.45, 7) is 1.70. The third-order valence-corrected chi connectivity index (χ3v) is 1.88. The predicted octanol–water partition coefficient (Wildman–Crippen LogP) is -1.52. The van der Waals surface area contributed by atoms with Gasteiger partial charge in [-0.3, -0.25) is 0 Å². The molecule has 0 spiro atoms. The Labute approximate surface area is 87.1 Å². The normalized spacial score (nSPS) is 20.5. The number of hydrogen-bond acceptors (Lipinski definition) is 6. The molecule has 0 aromatic rings. The molecule has 6 heteroatoms. The van der Waals surface area contributed by atoms with Crippen molar-refractivity contribution in [1.29, 1.82) is 0 Å². The van der Waals surface area contributed by atoms with Crippen molar-refractivity contribution in [2.45, 2.75) is 37.8 Å². The third kappa shape index (κ3) is 3.96. The molecule has 0 radical (unpaired) electrons. The summed E-state index contributed by atoms with van der Waals surface area (Å²) in [7, 11) is 0. The zero-order chi connectivity index (χ0) is 12.0. The standard InChI is InChI=1S/C9H16O6/c1-2-3-5(11)7(13)9(15)8(14)6(12)4-10/h3-4,6-9,11-15H,2H2,1H3. The monoisotopic (exact) mass is 220 g/mol. The molecule has 0 rings (SSSR count). The van der Waals surface area contributed by atoms with Crippen LogP contribution < -0.4 is 0 Å². The molecule has 0 amide bonds. The first kappa shape index (κ1) is 14.1. The van der Waals surface area contributed by atoms with Crippen molar-refractivity contribution in [3.8, 4) is 0 Å².